The molecule has 1 amide bonds. The first kappa shape index (κ1) is 18.1. The first-order valence-electron chi connectivity index (χ1n) is 7.00. The van der Waals surface area contributed by atoms with Crippen LogP contribution in [-0.2, 0) is 4.79 Å². The molecular formula is C15H22Cl2N2O2. The number of ether oxygens (including phenoxy) is 1. The van der Waals surface area contributed by atoms with Crippen molar-refractivity contribution in [1.29, 1.82) is 0 Å². The van der Waals surface area contributed by atoms with Crippen molar-refractivity contribution in [3.8, 4) is 5.75 Å². The third-order valence-corrected chi connectivity index (χ3v) is 3.81. The Morgan fingerprint density at radius 2 is 2.10 bits per heavy atom. The number of amides is 1. The van der Waals surface area contributed by atoms with Crippen LogP contribution in [-0.4, -0.2) is 24.6 Å². The molecule has 0 heterocycles. The molecule has 1 saturated carbocycles. The Morgan fingerprint density at radius 3 is 2.67 bits per heavy atom. The summed E-state index contributed by atoms with van der Waals surface area (Å²) < 4.78 is 5.71. The van der Waals surface area contributed by atoms with Crippen molar-refractivity contribution in [2.75, 3.05) is 6.54 Å². The molecule has 6 heteroatoms. The highest BCUT2D eigenvalue weighted by Gasteiger charge is 2.27. The molecule has 1 aliphatic carbocycles. The molecule has 21 heavy (non-hydrogen) atoms. The molecule has 1 fully saturated rings. The van der Waals surface area contributed by atoms with Crippen LogP contribution in [0.15, 0.2) is 24.3 Å². The summed E-state index contributed by atoms with van der Waals surface area (Å²) in [6.07, 6.45) is 2.53. The van der Waals surface area contributed by atoms with E-state index in [0.29, 0.717) is 11.6 Å². The Kier molecular flexibility index (Phi) is 7.29. The van der Waals surface area contributed by atoms with Gasteiger partial charge in [-0.1, -0.05) is 11.6 Å². The third-order valence-electron chi connectivity index (χ3n) is 3.56. The first-order valence-corrected chi connectivity index (χ1v) is 7.38. The van der Waals surface area contributed by atoms with E-state index in [9.17, 15) is 4.79 Å². The van der Waals surface area contributed by atoms with Gasteiger partial charge in [-0.3, -0.25) is 4.79 Å². The van der Waals surface area contributed by atoms with Gasteiger partial charge in [0.05, 0.1) is 6.54 Å². The zero-order valence-electron chi connectivity index (χ0n) is 12.0. The lowest BCUT2D eigenvalue weighted by atomic mass is 10.1. The topological polar surface area (TPSA) is 64.4 Å². The molecule has 0 spiro atoms. The van der Waals surface area contributed by atoms with Gasteiger partial charge in [0.2, 0.25) is 5.91 Å². The maximum atomic E-state index is 12.0. The van der Waals surface area contributed by atoms with Crippen LogP contribution in [0.3, 0.4) is 0 Å². The van der Waals surface area contributed by atoms with Gasteiger partial charge in [-0.15, -0.1) is 12.4 Å². The van der Waals surface area contributed by atoms with Gasteiger partial charge in [-0.05, 0) is 50.5 Å². The Hall–Kier alpha value is -0.970. The monoisotopic (exact) mass is 332 g/mol. The number of carbonyl (C=O) groups excluding carboxylic acids is 1. The summed E-state index contributed by atoms with van der Waals surface area (Å²) in [5, 5.41) is 3.61. The largest absolute Gasteiger partial charge is 0.489 e. The number of hydrogen-bond acceptors (Lipinski definition) is 3. The standard InChI is InChI=1S/C15H21ClN2O2.ClH/c1-10(20-14-6-3-12(16)4-7-14)9-18-15(19)11-2-5-13(17)8-11;/h3-4,6-7,10-11,13H,2,5,8-9,17H2,1H3,(H,18,19);1H. The van der Waals surface area contributed by atoms with Crippen LogP contribution in [0.1, 0.15) is 26.2 Å². The van der Waals surface area contributed by atoms with Crippen molar-refractivity contribution >= 4 is 29.9 Å². The molecule has 0 aromatic heterocycles. The predicted molar refractivity (Wildman–Crippen MR) is 87.1 cm³/mol. The summed E-state index contributed by atoms with van der Waals surface area (Å²) in [6, 6.07) is 7.37. The fourth-order valence-corrected chi connectivity index (χ4v) is 2.56. The normalized spacial score (nSPS) is 22.2. The van der Waals surface area contributed by atoms with Gasteiger partial charge in [0.1, 0.15) is 11.9 Å². The van der Waals surface area contributed by atoms with Crippen molar-refractivity contribution in [1.82, 2.24) is 5.32 Å². The van der Waals surface area contributed by atoms with Crippen LogP contribution in [0.2, 0.25) is 5.02 Å². The van der Waals surface area contributed by atoms with E-state index in [1.807, 2.05) is 19.1 Å². The van der Waals surface area contributed by atoms with Crippen LogP contribution >= 0.6 is 24.0 Å². The summed E-state index contributed by atoms with van der Waals surface area (Å²) in [6.45, 7) is 2.42. The lowest BCUT2D eigenvalue weighted by molar-refractivity contribution is -0.125. The van der Waals surface area contributed by atoms with Gasteiger partial charge in [0.25, 0.3) is 0 Å². The second kappa shape index (κ2) is 8.47. The molecule has 2 rings (SSSR count). The van der Waals surface area contributed by atoms with Crippen LogP contribution in [0.25, 0.3) is 0 Å². The average molecular weight is 333 g/mol. The second-order valence-corrected chi connectivity index (χ2v) is 5.83. The lowest BCUT2D eigenvalue weighted by Crippen LogP contribution is -2.37. The minimum absolute atomic E-state index is 0. The molecule has 0 bridgehead atoms. The highest BCUT2D eigenvalue weighted by Crippen LogP contribution is 2.24. The minimum Gasteiger partial charge on any atom is -0.489 e. The van der Waals surface area contributed by atoms with Crippen molar-refractivity contribution in [3.05, 3.63) is 29.3 Å². The van der Waals surface area contributed by atoms with Gasteiger partial charge in [-0.2, -0.15) is 0 Å². The quantitative estimate of drug-likeness (QED) is 0.871. The van der Waals surface area contributed by atoms with Crippen LogP contribution in [0, 0.1) is 5.92 Å². The van der Waals surface area contributed by atoms with Gasteiger partial charge in [0, 0.05) is 17.0 Å². The highest BCUT2D eigenvalue weighted by molar-refractivity contribution is 6.30. The van der Waals surface area contributed by atoms with Gasteiger partial charge in [0.15, 0.2) is 0 Å². The number of nitrogens with two attached hydrogens (primary N) is 1. The molecule has 0 aliphatic heterocycles. The molecule has 3 unspecified atom stereocenters. The fourth-order valence-electron chi connectivity index (χ4n) is 2.43. The van der Waals surface area contributed by atoms with E-state index < -0.39 is 0 Å². The zero-order valence-corrected chi connectivity index (χ0v) is 13.6. The van der Waals surface area contributed by atoms with Gasteiger partial charge >= 0.3 is 0 Å². The van der Waals surface area contributed by atoms with Crippen molar-refractivity contribution < 1.29 is 9.53 Å². The van der Waals surface area contributed by atoms with Crippen molar-refractivity contribution in [2.24, 2.45) is 11.7 Å². The highest BCUT2D eigenvalue weighted by atomic mass is 35.5. The number of rotatable bonds is 5. The number of hydrogen-bond donors (Lipinski definition) is 2. The van der Waals surface area contributed by atoms with Crippen LogP contribution in [0.4, 0.5) is 0 Å². The van der Waals surface area contributed by atoms with Gasteiger partial charge in [-0.25, -0.2) is 0 Å². The van der Waals surface area contributed by atoms with E-state index in [4.69, 9.17) is 22.1 Å². The average Bonchev–Trinajstić information content (AvgIpc) is 2.85. The number of halogens is 2. The summed E-state index contributed by atoms with van der Waals surface area (Å²) in [4.78, 5) is 12.0. The fraction of sp³-hybridized carbons (Fsp3) is 0.533. The molecule has 3 N–H and O–H groups in total. The SMILES string of the molecule is CC(CNC(=O)C1CCC(N)C1)Oc1ccc(Cl)cc1.Cl. The molecule has 3 atom stereocenters. The zero-order chi connectivity index (χ0) is 14.5. The number of benzene rings is 1. The molecule has 1 aromatic rings. The predicted octanol–water partition coefficient (Wildman–Crippen LogP) is 2.77. The van der Waals surface area contributed by atoms with Crippen molar-refractivity contribution in [3.63, 3.8) is 0 Å². The lowest BCUT2D eigenvalue weighted by Gasteiger charge is -2.17. The van der Waals surface area contributed by atoms with E-state index in [-0.39, 0.29) is 36.4 Å². The number of nitrogens with one attached hydrogen (secondary N) is 1. The van der Waals surface area contributed by atoms with E-state index in [1.165, 1.54) is 0 Å². The summed E-state index contributed by atoms with van der Waals surface area (Å²) in [7, 11) is 0. The van der Waals surface area contributed by atoms with E-state index in [2.05, 4.69) is 5.32 Å². The van der Waals surface area contributed by atoms with Gasteiger partial charge < -0.3 is 15.8 Å². The molecule has 0 radical (unpaired) electrons. The maximum Gasteiger partial charge on any atom is 0.223 e. The van der Waals surface area contributed by atoms with Crippen LogP contribution in [0.5, 0.6) is 5.75 Å². The van der Waals surface area contributed by atoms with Crippen LogP contribution < -0.4 is 15.8 Å². The summed E-state index contributed by atoms with van der Waals surface area (Å²) >= 11 is 5.81. The summed E-state index contributed by atoms with van der Waals surface area (Å²) in [5.41, 5.74) is 5.82. The maximum absolute atomic E-state index is 12.0. The molecule has 1 aromatic carbocycles. The summed E-state index contributed by atoms with van der Waals surface area (Å²) in [5.74, 6) is 0.899. The van der Waals surface area contributed by atoms with E-state index >= 15 is 0 Å². The third kappa shape index (κ3) is 5.73. The van der Waals surface area contributed by atoms with E-state index in [1.54, 1.807) is 12.1 Å². The molecule has 4 nitrogen and oxygen atoms in total. The second-order valence-electron chi connectivity index (χ2n) is 5.40. The number of carbonyl (C=O) groups is 1. The molecule has 1 aliphatic rings. The molecule has 0 saturated heterocycles. The Labute approximate surface area is 136 Å². The van der Waals surface area contributed by atoms with E-state index in [0.717, 1.165) is 25.0 Å². The molecule has 118 valence electrons. The van der Waals surface area contributed by atoms with Crippen molar-refractivity contribution in [2.45, 2.75) is 38.3 Å². The molecular weight excluding hydrogens is 311 g/mol. The Morgan fingerprint density at radius 1 is 1.43 bits per heavy atom. The Balaban J connectivity index is 0.00000220. The smallest absolute Gasteiger partial charge is 0.223 e. The Bertz CT molecular complexity index is 453. The first-order chi connectivity index (χ1) is 9.54. The minimum atomic E-state index is -0.0878.